The average Bonchev–Trinajstić information content (AvgIpc) is 2.41. The second kappa shape index (κ2) is 6.15. The van der Waals surface area contributed by atoms with Crippen LogP contribution in [0.1, 0.15) is 16.7 Å². The number of nitrogen functional groups attached to an aromatic ring is 2. The zero-order valence-corrected chi connectivity index (χ0v) is 11.0. The number of ether oxygens (including phenoxy) is 1. The van der Waals surface area contributed by atoms with Crippen LogP contribution < -0.4 is 11.5 Å². The van der Waals surface area contributed by atoms with Crippen molar-refractivity contribution in [3.63, 3.8) is 0 Å². The Balaban J connectivity index is 2.06. The Bertz CT molecular complexity index is 540. The van der Waals surface area contributed by atoms with Gasteiger partial charge in [-0.3, -0.25) is 0 Å². The molecule has 0 aliphatic heterocycles. The highest BCUT2D eigenvalue weighted by Gasteiger charge is 2.04. The van der Waals surface area contributed by atoms with Gasteiger partial charge in [-0.05, 0) is 17.5 Å². The summed E-state index contributed by atoms with van der Waals surface area (Å²) in [5, 5.41) is 0. The average molecular weight is 258 g/mol. The van der Waals surface area contributed by atoms with Crippen molar-refractivity contribution in [2.24, 2.45) is 0 Å². The quantitative estimate of drug-likeness (QED) is 0.847. The van der Waals surface area contributed by atoms with Gasteiger partial charge in [-0.2, -0.15) is 4.98 Å². The summed E-state index contributed by atoms with van der Waals surface area (Å²) in [7, 11) is 1.71. The number of nitrogens with zero attached hydrogens (tertiary/aromatic N) is 2. The predicted octanol–water partition coefficient (Wildman–Crippen LogP) is 1.42. The molecule has 5 nitrogen and oxygen atoms in total. The van der Waals surface area contributed by atoms with E-state index in [0.29, 0.717) is 12.2 Å². The zero-order valence-electron chi connectivity index (χ0n) is 11.0. The molecule has 4 N–H and O–H groups in total. The Morgan fingerprint density at radius 1 is 1.11 bits per heavy atom. The summed E-state index contributed by atoms with van der Waals surface area (Å²) in [6.07, 6.45) is 3.30. The molecule has 0 bridgehead atoms. The van der Waals surface area contributed by atoms with Gasteiger partial charge in [0.1, 0.15) is 5.82 Å². The third kappa shape index (κ3) is 3.66. The Labute approximate surface area is 112 Å². The molecule has 19 heavy (non-hydrogen) atoms. The van der Waals surface area contributed by atoms with Gasteiger partial charge < -0.3 is 16.2 Å². The number of rotatable bonds is 5. The molecule has 0 saturated carbocycles. The van der Waals surface area contributed by atoms with Gasteiger partial charge in [0.15, 0.2) is 0 Å². The van der Waals surface area contributed by atoms with Crippen LogP contribution in [0.5, 0.6) is 0 Å². The lowest BCUT2D eigenvalue weighted by atomic mass is 10.0. The fourth-order valence-corrected chi connectivity index (χ4v) is 1.83. The van der Waals surface area contributed by atoms with E-state index in [0.717, 1.165) is 18.6 Å². The van der Waals surface area contributed by atoms with Crippen molar-refractivity contribution in [3.8, 4) is 0 Å². The fourth-order valence-electron chi connectivity index (χ4n) is 1.83. The molecule has 1 heterocycles. The second-order valence-corrected chi connectivity index (χ2v) is 4.37. The SMILES string of the molecule is COCCc1ccc(Cc2cnc(N)nc2N)cc1. The topological polar surface area (TPSA) is 87.0 Å². The van der Waals surface area contributed by atoms with E-state index in [4.69, 9.17) is 16.2 Å². The fraction of sp³-hybridized carbons (Fsp3) is 0.286. The molecule has 0 spiro atoms. The minimum absolute atomic E-state index is 0.205. The molecule has 1 aromatic carbocycles. The van der Waals surface area contributed by atoms with E-state index < -0.39 is 0 Å². The van der Waals surface area contributed by atoms with Crippen LogP contribution in [0.15, 0.2) is 30.5 Å². The van der Waals surface area contributed by atoms with E-state index in [-0.39, 0.29) is 5.95 Å². The molecule has 0 fully saturated rings. The first-order valence-corrected chi connectivity index (χ1v) is 6.12. The minimum Gasteiger partial charge on any atom is -0.384 e. The largest absolute Gasteiger partial charge is 0.384 e. The standard InChI is InChI=1S/C14H18N4O/c1-19-7-6-10-2-4-11(5-3-10)8-12-9-17-14(16)18-13(12)15/h2-5,9H,6-8H2,1H3,(H4,15,16,17,18). The first-order chi connectivity index (χ1) is 9.19. The molecular formula is C14H18N4O. The molecule has 0 unspecified atom stereocenters. The number of hydrogen-bond donors (Lipinski definition) is 2. The van der Waals surface area contributed by atoms with E-state index in [2.05, 4.69) is 34.2 Å². The summed E-state index contributed by atoms with van der Waals surface area (Å²) in [5.41, 5.74) is 14.6. The van der Waals surface area contributed by atoms with Crippen LogP contribution in [0.4, 0.5) is 11.8 Å². The second-order valence-electron chi connectivity index (χ2n) is 4.37. The van der Waals surface area contributed by atoms with Crippen LogP contribution in [-0.4, -0.2) is 23.7 Å². The smallest absolute Gasteiger partial charge is 0.221 e. The Morgan fingerprint density at radius 3 is 2.42 bits per heavy atom. The molecule has 1 aromatic heterocycles. The van der Waals surface area contributed by atoms with Crippen LogP contribution in [0.2, 0.25) is 0 Å². The number of nitrogens with two attached hydrogens (primary N) is 2. The normalized spacial score (nSPS) is 10.6. The predicted molar refractivity (Wildman–Crippen MR) is 75.7 cm³/mol. The first-order valence-electron chi connectivity index (χ1n) is 6.12. The first kappa shape index (κ1) is 13.3. The zero-order chi connectivity index (χ0) is 13.7. The highest BCUT2D eigenvalue weighted by molar-refractivity contribution is 5.44. The maximum atomic E-state index is 5.82. The molecular weight excluding hydrogens is 240 g/mol. The summed E-state index contributed by atoms with van der Waals surface area (Å²) in [4.78, 5) is 7.92. The van der Waals surface area contributed by atoms with Crippen molar-refractivity contribution in [1.82, 2.24) is 9.97 Å². The molecule has 2 rings (SSSR count). The summed E-state index contributed by atoms with van der Waals surface area (Å²) in [6.45, 7) is 0.734. The highest BCUT2D eigenvalue weighted by atomic mass is 16.5. The molecule has 0 aliphatic carbocycles. The van der Waals surface area contributed by atoms with Gasteiger partial charge in [0.2, 0.25) is 5.95 Å². The van der Waals surface area contributed by atoms with Gasteiger partial charge in [0.25, 0.3) is 0 Å². The van der Waals surface area contributed by atoms with Crippen LogP contribution in [0.25, 0.3) is 0 Å². The van der Waals surface area contributed by atoms with Crippen molar-refractivity contribution >= 4 is 11.8 Å². The van der Waals surface area contributed by atoms with E-state index in [1.165, 1.54) is 11.1 Å². The van der Waals surface area contributed by atoms with Crippen molar-refractivity contribution in [3.05, 3.63) is 47.2 Å². The van der Waals surface area contributed by atoms with Gasteiger partial charge in [0, 0.05) is 25.3 Å². The molecule has 0 aliphatic rings. The van der Waals surface area contributed by atoms with Crippen LogP contribution in [0, 0.1) is 0 Å². The number of anilines is 2. The molecule has 0 saturated heterocycles. The summed E-state index contributed by atoms with van der Waals surface area (Å²) >= 11 is 0. The molecule has 0 amide bonds. The van der Waals surface area contributed by atoms with Crippen LogP contribution in [-0.2, 0) is 17.6 Å². The molecule has 0 radical (unpaired) electrons. The van der Waals surface area contributed by atoms with Crippen LogP contribution >= 0.6 is 0 Å². The van der Waals surface area contributed by atoms with E-state index in [1.54, 1.807) is 13.3 Å². The number of hydrogen-bond acceptors (Lipinski definition) is 5. The minimum atomic E-state index is 0.205. The summed E-state index contributed by atoms with van der Waals surface area (Å²) in [5.74, 6) is 0.645. The monoisotopic (exact) mass is 258 g/mol. The Hall–Kier alpha value is -2.14. The molecule has 0 atom stereocenters. The third-order valence-corrected chi connectivity index (χ3v) is 2.93. The number of methoxy groups -OCH3 is 1. The number of benzene rings is 1. The van der Waals surface area contributed by atoms with Crippen LogP contribution in [0.3, 0.4) is 0 Å². The summed E-state index contributed by atoms with van der Waals surface area (Å²) < 4.78 is 5.05. The van der Waals surface area contributed by atoms with E-state index in [9.17, 15) is 0 Å². The van der Waals surface area contributed by atoms with Gasteiger partial charge in [-0.15, -0.1) is 0 Å². The van der Waals surface area contributed by atoms with E-state index >= 15 is 0 Å². The van der Waals surface area contributed by atoms with Crippen molar-refractivity contribution in [1.29, 1.82) is 0 Å². The lowest BCUT2D eigenvalue weighted by Gasteiger charge is -2.06. The van der Waals surface area contributed by atoms with Crippen molar-refractivity contribution in [2.75, 3.05) is 25.2 Å². The summed E-state index contributed by atoms with van der Waals surface area (Å²) in [6, 6.07) is 8.37. The molecule has 100 valence electrons. The van der Waals surface area contributed by atoms with E-state index in [1.807, 2.05) is 0 Å². The lowest BCUT2D eigenvalue weighted by Crippen LogP contribution is -2.04. The molecule has 5 heteroatoms. The highest BCUT2D eigenvalue weighted by Crippen LogP contribution is 2.15. The van der Waals surface area contributed by atoms with Gasteiger partial charge in [0.05, 0.1) is 6.61 Å². The van der Waals surface area contributed by atoms with Gasteiger partial charge in [-0.1, -0.05) is 24.3 Å². The van der Waals surface area contributed by atoms with Crippen molar-refractivity contribution in [2.45, 2.75) is 12.8 Å². The lowest BCUT2D eigenvalue weighted by molar-refractivity contribution is 0.202. The Kier molecular flexibility index (Phi) is 4.30. The Morgan fingerprint density at radius 2 is 1.79 bits per heavy atom. The van der Waals surface area contributed by atoms with Gasteiger partial charge in [-0.25, -0.2) is 4.98 Å². The van der Waals surface area contributed by atoms with Crippen molar-refractivity contribution < 1.29 is 4.74 Å². The third-order valence-electron chi connectivity index (χ3n) is 2.93. The maximum absolute atomic E-state index is 5.82. The number of aromatic nitrogens is 2. The molecule has 2 aromatic rings. The maximum Gasteiger partial charge on any atom is 0.221 e. The van der Waals surface area contributed by atoms with Gasteiger partial charge >= 0.3 is 0 Å².